The highest BCUT2D eigenvalue weighted by Gasteiger charge is 2.20. The van der Waals surface area contributed by atoms with E-state index in [1.54, 1.807) is 17.8 Å². The number of nitrogens with zero attached hydrogens (tertiary/aromatic N) is 1. The van der Waals surface area contributed by atoms with Crippen LogP contribution in [0.25, 0.3) is 0 Å². The molecule has 1 rings (SSSR count). The molecule has 0 aliphatic carbocycles. The molecule has 1 aliphatic rings. The fourth-order valence-electron chi connectivity index (χ4n) is 0.960. The van der Waals surface area contributed by atoms with Crippen LogP contribution in [0.4, 0.5) is 0 Å². The molecule has 0 radical (unpaired) electrons. The molecule has 1 aliphatic heterocycles. The molecule has 1 heterocycles. The van der Waals surface area contributed by atoms with Gasteiger partial charge in [-0.1, -0.05) is 6.92 Å². The van der Waals surface area contributed by atoms with Crippen LogP contribution in [-0.4, -0.2) is 21.9 Å². The van der Waals surface area contributed by atoms with Crippen LogP contribution in [0.2, 0.25) is 0 Å². The Morgan fingerprint density at radius 2 is 2.60 bits per heavy atom. The number of aliphatic hydroxyl groups is 1. The van der Waals surface area contributed by atoms with Crippen molar-refractivity contribution in [1.29, 1.82) is 0 Å². The van der Waals surface area contributed by atoms with Crippen LogP contribution in [-0.2, 0) is 0 Å². The lowest BCUT2D eigenvalue weighted by Gasteiger charge is -2.09. The number of hydrogen-bond acceptors (Lipinski definition) is 3. The van der Waals surface area contributed by atoms with Crippen molar-refractivity contribution in [1.82, 2.24) is 0 Å². The third-order valence-electron chi connectivity index (χ3n) is 1.54. The predicted octanol–water partition coefficient (Wildman–Crippen LogP) is 1.98. The monoisotopic (exact) mass is 157 g/mol. The Morgan fingerprint density at radius 1 is 1.80 bits per heavy atom. The molecule has 0 saturated carbocycles. The number of hydrogen-bond donors (Lipinski definition) is 1. The predicted molar refractivity (Wildman–Crippen MR) is 45.7 cm³/mol. The molecule has 10 heavy (non-hydrogen) atoms. The summed E-state index contributed by atoms with van der Waals surface area (Å²) < 4.78 is 0. The van der Waals surface area contributed by atoms with Crippen molar-refractivity contribution < 1.29 is 5.11 Å². The van der Waals surface area contributed by atoms with Crippen molar-refractivity contribution in [3.8, 4) is 0 Å². The van der Waals surface area contributed by atoms with Crippen molar-refractivity contribution in [3.63, 3.8) is 0 Å². The molecule has 1 N–H and O–H groups in total. The highest BCUT2D eigenvalue weighted by Crippen LogP contribution is 2.25. The molecule has 0 bridgehead atoms. The third-order valence-corrected chi connectivity index (χ3v) is 2.74. The summed E-state index contributed by atoms with van der Waals surface area (Å²) in [5.74, 6) is 0. The van der Waals surface area contributed by atoms with Crippen LogP contribution in [0.3, 0.4) is 0 Å². The average Bonchev–Trinajstić information content (AvgIpc) is 2.36. The standard InChI is InChI=1S/C7H11NOS/c1-2-7-6(3-4-9)8-5-10-7/h3-7,9H,2H2,1H3/b4-3-. The molecular formula is C7H11NOS. The van der Waals surface area contributed by atoms with Gasteiger partial charge in [0.05, 0.1) is 17.9 Å². The van der Waals surface area contributed by atoms with Crippen LogP contribution >= 0.6 is 11.8 Å². The van der Waals surface area contributed by atoms with E-state index in [0.29, 0.717) is 5.25 Å². The minimum Gasteiger partial charge on any atom is -0.516 e. The van der Waals surface area contributed by atoms with E-state index in [2.05, 4.69) is 11.9 Å². The van der Waals surface area contributed by atoms with Crippen LogP contribution in [0.1, 0.15) is 13.3 Å². The Bertz CT molecular complexity index is 156. The zero-order valence-electron chi connectivity index (χ0n) is 5.90. The Balaban J connectivity index is 2.48. The van der Waals surface area contributed by atoms with Gasteiger partial charge in [-0.2, -0.15) is 0 Å². The van der Waals surface area contributed by atoms with E-state index in [0.717, 1.165) is 12.7 Å². The molecule has 0 saturated heterocycles. The summed E-state index contributed by atoms with van der Waals surface area (Å²) >= 11 is 1.74. The fourth-order valence-corrected chi connectivity index (χ4v) is 1.84. The maximum absolute atomic E-state index is 8.48. The van der Waals surface area contributed by atoms with E-state index >= 15 is 0 Å². The van der Waals surface area contributed by atoms with Gasteiger partial charge in [0.15, 0.2) is 0 Å². The maximum atomic E-state index is 8.48. The first-order valence-corrected chi connectivity index (χ1v) is 4.30. The first kappa shape index (κ1) is 7.66. The molecule has 0 amide bonds. The van der Waals surface area contributed by atoms with Gasteiger partial charge < -0.3 is 5.11 Å². The Morgan fingerprint density at radius 3 is 3.20 bits per heavy atom. The van der Waals surface area contributed by atoms with Crippen LogP contribution in [0.15, 0.2) is 17.3 Å². The Kier molecular flexibility index (Phi) is 2.81. The van der Waals surface area contributed by atoms with Crippen LogP contribution < -0.4 is 0 Å². The number of aliphatic imine (C=N–C) groups is 1. The van der Waals surface area contributed by atoms with Gasteiger partial charge in [-0.25, -0.2) is 0 Å². The topological polar surface area (TPSA) is 32.6 Å². The second kappa shape index (κ2) is 3.66. The minimum atomic E-state index is 0.194. The lowest BCUT2D eigenvalue weighted by Crippen LogP contribution is -2.13. The summed E-state index contributed by atoms with van der Waals surface area (Å²) in [7, 11) is 0. The second-order valence-corrected chi connectivity index (χ2v) is 3.26. The Hall–Kier alpha value is -0.440. The quantitative estimate of drug-likeness (QED) is 0.622. The molecule has 2 unspecified atom stereocenters. The molecule has 3 heteroatoms. The smallest absolute Gasteiger partial charge is 0.0840 e. The number of rotatable bonds is 2. The largest absolute Gasteiger partial charge is 0.516 e. The summed E-state index contributed by atoms with van der Waals surface area (Å²) in [5, 5.41) is 9.01. The van der Waals surface area contributed by atoms with Crippen molar-refractivity contribution in [2.45, 2.75) is 24.6 Å². The maximum Gasteiger partial charge on any atom is 0.0840 e. The lowest BCUT2D eigenvalue weighted by atomic mass is 10.2. The summed E-state index contributed by atoms with van der Waals surface area (Å²) in [4.78, 5) is 4.17. The van der Waals surface area contributed by atoms with E-state index in [9.17, 15) is 0 Å². The zero-order chi connectivity index (χ0) is 7.40. The molecular weight excluding hydrogens is 146 g/mol. The molecule has 2 atom stereocenters. The number of thioether (sulfide) groups is 1. The summed E-state index contributed by atoms with van der Waals surface area (Å²) in [6, 6.07) is 0.194. The van der Waals surface area contributed by atoms with Crippen molar-refractivity contribution in [2.24, 2.45) is 4.99 Å². The van der Waals surface area contributed by atoms with Crippen molar-refractivity contribution >= 4 is 17.3 Å². The molecule has 0 fully saturated rings. The van der Waals surface area contributed by atoms with Gasteiger partial charge in [0.1, 0.15) is 0 Å². The summed E-state index contributed by atoms with van der Waals surface area (Å²) in [6.07, 6.45) is 3.90. The summed E-state index contributed by atoms with van der Waals surface area (Å²) in [5.41, 5.74) is 1.86. The van der Waals surface area contributed by atoms with Crippen molar-refractivity contribution in [3.05, 3.63) is 12.3 Å². The van der Waals surface area contributed by atoms with Gasteiger partial charge in [-0.15, -0.1) is 11.8 Å². The third kappa shape index (κ3) is 1.53. The SMILES string of the molecule is CCC1SC=NC1/C=C\O. The van der Waals surface area contributed by atoms with Gasteiger partial charge in [0.2, 0.25) is 0 Å². The highest BCUT2D eigenvalue weighted by molar-refractivity contribution is 8.12. The van der Waals surface area contributed by atoms with Gasteiger partial charge in [0, 0.05) is 5.25 Å². The van der Waals surface area contributed by atoms with E-state index in [1.165, 1.54) is 0 Å². The normalized spacial score (nSPS) is 32.1. The van der Waals surface area contributed by atoms with Gasteiger partial charge in [-0.05, 0) is 12.5 Å². The molecule has 56 valence electrons. The fraction of sp³-hybridized carbons (Fsp3) is 0.571. The highest BCUT2D eigenvalue weighted by atomic mass is 32.2. The number of aliphatic hydroxyl groups excluding tert-OH is 1. The molecule has 0 spiro atoms. The molecule has 0 aromatic carbocycles. The van der Waals surface area contributed by atoms with Gasteiger partial charge >= 0.3 is 0 Å². The van der Waals surface area contributed by atoms with E-state index in [-0.39, 0.29) is 6.04 Å². The average molecular weight is 157 g/mol. The van der Waals surface area contributed by atoms with Crippen LogP contribution in [0.5, 0.6) is 0 Å². The van der Waals surface area contributed by atoms with E-state index in [1.807, 2.05) is 5.55 Å². The first-order valence-electron chi connectivity index (χ1n) is 3.36. The molecule has 0 aromatic heterocycles. The van der Waals surface area contributed by atoms with E-state index < -0.39 is 0 Å². The first-order chi connectivity index (χ1) is 4.88. The summed E-state index contributed by atoms with van der Waals surface area (Å²) in [6.45, 7) is 2.13. The zero-order valence-corrected chi connectivity index (χ0v) is 6.71. The molecule has 0 aromatic rings. The second-order valence-electron chi connectivity index (χ2n) is 2.17. The Labute approximate surface area is 65.0 Å². The minimum absolute atomic E-state index is 0.194. The van der Waals surface area contributed by atoms with Gasteiger partial charge in [0.25, 0.3) is 0 Å². The van der Waals surface area contributed by atoms with E-state index in [4.69, 9.17) is 5.11 Å². The lowest BCUT2D eigenvalue weighted by molar-refractivity contribution is 0.468. The molecule has 2 nitrogen and oxygen atoms in total. The van der Waals surface area contributed by atoms with Crippen molar-refractivity contribution in [2.75, 3.05) is 0 Å². The van der Waals surface area contributed by atoms with Crippen LogP contribution in [0, 0.1) is 0 Å². The van der Waals surface area contributed by atoms with Gasteiger partial charge in [-0.3, -0.25) is 4.99 Å².